The number of nitrogens with one attached hydrogen (secondary N) is 1. The lowest BCUT2D eigenvalue weighted by Crippen LogP contribution is -2.38. The van der Waals surface area contributed by atoms with Crippen LogP contribution in [0.2, 0.25) is 0 Å². The van der Waals surface area contributed by atoms with E-state index in [9.17, 15) is 4.79 Å². The first-order valence-electron chi connectivity index (χ1n) is 6.05. The molecule has 4 N–H and O–H groups in total. The fourth-order valence-corrected chi connectivity index (χ4v) is 2.52. The topological polar surface area (TPSA) is 87.7 Å². The molecule has 1 heterocycles. The van der Waals surface area contributed by atoms with E-state index >= 15 is 0 Å². The zero-order chi connectivity index (χ0) is 14.4. The van der Waals surface area contributed by atoms with Gasteiger partial charge in [-0.2, -0.15) is 0 Å². The van der Waals surface area contributed by atoms with E-state index in [1.807, 2.05) is 47.8 Å². The summed E-state index contributed by atoms with van der Waals surface area (Å²) in [7, 11) is 0. The number of benzene rings is 1. The van der Waals surface area contributed by atoms with Crippen molar-refractivity contribution in [3.63, 3.8) is 0 Å². The Bertz CT molecular complexity index is 582. The number of rotatable bonds is 5. The molecule has 0 saturated carbocycles. The normalized spacial score (nSPS) is 12.9. The molecule has 0 fully saturated rings. The summed E-state index contributed by atoms with van der Waals surface area (Å²) in [5, 5.41) is 16.5. The van der Waals surface area contributed by atoms with Gasteiger partial charge in [0.1, 0.15) is 6.04 Å². The van der Waals surface area contributed by atoms with E-state index in [0.717, 1.165) is 10.4 Å². The van der Waals surface area contributed by atoms with Gasteiger partial charge < -0.3 is 16.3 Å². The highest BCUT2D eigenvalue weighted by molar-refractivity contribution is 7.10. The minimum atomic E-state index is -0.631. The molecule has 104 valence electrons. The molecule has 2 rings (SSSR count). The second-order valence-electron chi connectivity index (χ2n) is 4.19. The molecule has 1 aromatic carbocycles. The van der Waals surface area contributed by atoms with Gasteiger partial charge in [-0.1, -0.05) is 41.6 Å². The van der Waals surface area contributed by atoms with Crippen LogP contribution in [0.5, 0.6) is 0 Å². The number of thiophene rings is 1. The van der Waals surface area contributed by atoms with Crippen molar-refractivity contribution in [2.45, 2.75) is 12.5 Å². The quantitative estimate of drug-likeness (QED) is 0.340. The Morgan fingerprint density at radius 3 is 2.65 bits per heavy atom. The molecule has 0 saturated heterocycles. The summed E-state index contributed by atoms with van der Waals surface area (Å²) in [5.41, 5.74) is 6.42. The van der Waals surface area contributed by atoms with E-state index in [2.05, 4.69) is 10.5 Å². The van der Waals surface area contributed by atoms with E-state index in [4.69, 9.17) is 10.9 Å². The first-order valence-corrected chi connectivity index (χ1v) is 6.93. The number of carbonyl (C=O) groups is 1. The molecule has 0 radical (unpaired) electrons. The molecule has 5 nitrogen and oxygen atoms in total. The number of amidine groups is 1. The van der Waals surface area contributed by atoms with Gasteiger partial charge in [-0.05, 0) is 17.0 Å². The summed E-state index contributed by atoms with van der Waals surface area (Å²) in [6.45, 7) is 0. The van der Waals surface area contributed by atoms with Gasteiger partial charge in [-0.25, -0.2) is 0 Å². The molecule has 2 aromatic rings. The SMILES string of the molecule is N/C(=N/O)C(NC(=O)Cc1cccs1)c1ccccc1. The van der Waals surface area contributed by atoms with Gasteiger partial charge in [0.15, 0.2) is 5.84 Å². The van der Waals surface area contributed by atoms with Crippen molar-refractivity contribution in [2.75, 3.05) is 0 Å². The molecule has 6 heteroatoms. The zero-order valence-corrected chi connectivity index (χ0v) is 11.5. The first-order chi connectivity index (χ1) is 9.70. The molecule has 1 unspecified atom stereocenters. The Hall–Kier alpha value is -2.34. The predicted octanol–water partition coefficient (Wildman–Crippen LogP) is 1.89. The van der Waals surface area contributed by atoms with Crippen LogP contribution in [-0.2, 0) is 11.2 Å². The lowest BCUT2D eigenvalue weighted by atomic mass is 10.1. The standard InChI is InChI=1S/C14H15N3O2S/c15-14(17-19)13(10-5-2-1-3-6-10)16-12(18)9-11-7-4-8-20-11/h1-8,13,19H,9H2,(H2,15,17)(H,16,18). The zero-order valence-electron chi connectivity index (χ0n) is 10.7. The third-order valence-electron chi connectivity index (χ3n) is 2.76. The van der Waals surface area contributed by atoms with Crippen LogP contribution in [0.4, 0.5) is 0 Å². The number of hydrogen-bond donors (Lipinski definition) is 3. The maximum absolute atomic E-state index is 12.0. The van der Waals surface area contributed by atoms with E-state index in [1.54, 1.807) is 0 Å². The predicted molar refractivity (Wildman–Crippen MR) is 78.8 cm³/mol. The molecular weight excluding hydrogens is 274 g/mol. The maximum Gasteiger partial charge on any atom is 0.226 e. The van der Waals surface area contributed by atoms with Crippen molar-refractivity contribution >= 4 is 23.1 Å². The van der Waals surface area contributed by atoms with Gasteiger partial charge in [0.25, 0.3) is 0 Å². The average Bonchev–Trinajstić information content (AvgIpc) is 2.97. The number of carbonyl (C=O) groups excluding carboxylic acids is 1. The third-order valence-corrected chi connectivity index (χ3v) is 3.64. The molecule has 0 aliphatic heterocycles. The van der Waals surface area contributed by atoms with Crippen LogP contribution >= 0.6 is 11.3 Å². The minimum absolute atomic E-state index is 0.0456. The maximum atomic E-state index is 12.0. The van der Waals surface area contributed by atoms with Crippen molar-refractivity contribution in [1.29, 1.82) is 0 Å². The Kier molecular flexibility index (Phi) is 4.73. The van der Waals surface area contributed by atoms with E-state index in [0.29, 0.717) is 0 Å². The molecule has 0 aliphatic rings. The van der Waals surface area contributed by atoms with Crippen LogP contribution < -0.4 is 11.1 Å². The highest BCUT2D eigenvalue weighted by Gasteiger charge is 2.19. The minimum Gasteiger partial charge on any atom is -0.409 e. The molecule has 1 amide bonds. The largest absolute Gasteiger partial charge is 0.409 e. The molecule has 0 aliphatic carbocycles. The summed E-state index contributed by atoms with van der Waals surface area (Å²) in [6.07, 6.45) is 0.277. The Balaban J connectivity index is 2.11. The van der Waals surface area contributed by atoms with Crippen LogP contribution in [0.25, 0.3) is 0 Å². The smallest absolute Gasteiger partial charge is 0.226 e. The number of nitrogens with two attached hydrogens (primary N) is 1. The second-order valence-corrected chi connectivity index (χ2v) is 5.22. The lowest BCUT2D eigenvalue weighted by Gasteiger charge is -2.17. The number of oxime groups is 1. The Morgan fingerprint density at radius 1 is 1.30 bits per heavy atom. The van der Waals surface area contributed by atoms with Crippen molar-refractivity contribution in [2.24, 2.45) is 10.9 Å². The highest BCUT2D eigenvalue weighted by Crippen LogP contribution is 2.14. The second kappa shape index (κ2) is 6.72. The molecule has 0 spiro atoms. The van der Waals surface area contributed by atoms with Crippen molar-refractivity contribution in [3.05, 3.63) is 58.3 Å². The number of nitrogens with zero attached hydrogens (tertiary/aromatic N) is 1. The Morgan fingerprint density at radius 2 is 2.05 bits per heavy atom. The number of amides is 1. The molecule has 0 bridgehead atoms. The van der Waals surface area contributed by atoms with Gasteiger partial charge in [-0.3, -0.25) is 4.79 Å². The summed E-state index contributed by atoms with van der Waals surface area (Å²) < 4.78 is 0. The molecule has 20 heavy (non-hydrogen) atoms. The molecule has 1 aromatic heterocycles. The number of hydrogen-bond acceptors (Lipinski definition) is 4. The van der Waals surface area contributed by atoms with E-state index in [1.165, 1.54) is 11.3 Å². The van der Waals surface area contributed by atoms with Gasteiger partial charge >= 0.3 is 0 Å². The van der Waals surface area contributed by atoms with Crippen molar-refractivity contribution in [1.82, 2.24) is 5.32 Å². The summed E-state index contributed by atoms with van der Waals surface area (Å²) in [4.78, 5) is 13.0. The van der Waals surface area contributed by atoms with Crippen LogP contribution in [-0.4, -0.2) is 17.0 Å². The highest BCUT2D eigenvalue weighted by atomic mass is 32.1. The van der Waals surface area contributed by atoms with Gasteiger partial charge in [-0.15, -0.1) is 11.3 Å². The van der Waals surface area contributed by atoms with E-state index in [-0.39, 0.29) is 18.2 Å². The van der Waals surface area contributed by atoms with Crippen molar-refractivity contribution < 1.29 is 10.0 Å². The van der Waals surface area contributed by atoms with Crippen molar-refractivity contribution in [3.8, 4) is 0 Å². The van der Waals surface area contributed by atoms with Crippen LogP contribution in [0.1, 0.15) is 16.5 Å². The molecule has 1 atom stereocenters. The Labute approximate surface area is 120 Å². The van der Waals surface area contributed by atoms with Gasteiger partial charge in [0, 0.05) is 4.88 Å². The van der Waals surface area contributed by atoms with E-state index < -0.39 is 6.04 Å². The van der Waals surface area contributed by atoms with Crippen LogP contribution in [0.15, 0.2) is 53.0 Å². The summed E-state index contributed by atoms with van der Waals surface area (Å²) in [6, 6.07) is 12.3. The van der Waals surface area contributed by atoms with Crippen LogP contribution in [0.3, 0.4) is 0 Å². The fraction of sp³-hybridized carbons (Fsp3) is 0.143. The molecular formula is C14H15N3O2S. The van der Waals surface area contributed by atoms with Gasteiger partial charge in [0.2, 0.25) is 5.91 Å². The average molecular weight is 289 g/mol. The monoisotopic (exact) mass is 289 g/mol. The van der Waals surface area contributed by atoms with Gasteiger partial charge in [0.05, 0.1) is 6.42 Å². The third kappa shape index (κ3) is 3.58. The summed E-state index contributed by atoms with van der Waals surface area (Å²) in [5.74, 6) is -0.219. The fourth-order valence-electron chi connectivity index (χ4n) is 1.81. The summed E-state index contributed by atoms with van der Waals surface area (Å²) >= 11 is 1.52. The lowest BCUT2D eigenvalue weighted by molar-refractivity contribution is -0.120. The first kappa shape index (κ1) is 14.1. The van der Waals surface area contributed by atoms with Crippen LogP contribution in [0, 0.1) is 0 Å².